The quantitative estimate of drug-likeness (QED) is 0.716. The number of nitrogens with one attached hydrogen (secondary N) is 1. The summed E-state index contributed by atoms with van der Waals surface area (Å²) in [4.78, 5) is 22.5. The van der Waals surface area contributed by atoms with Gasteiger partial charge in [0, 0.05) is 29.5 Å². The lowest BCUT2D eigenvalue weighted by atomic mass is 9.89. The monoisotopic (exact) mass is 277 g/mol. The van der Waals surface area contributed by atoms with E-state index in [1.54, 1.807) is 12.1 Å². The molecule has 0 aromatic heterocycles. The molecule has 0 aliphatic heterocycles. The van der Waals surface area contributed by atoms with E-state index in [1.165, 1.54) is 6.07 Å². The Balaban J connectivity index is 2.08. The maximum Gasteiger partial charge on any atom is 0.248 e. The molecule has 0 spiro atoms. The van der Waals surface area contributed by atoms with Crippen LogP contribution in [0.3, 0.4) is 0 Å². The minimum Gasteiger partial charge on any atom is -0.382 e. The summed E-state index contributed by atoms with van der Waals surface area (Å²) in [5, 5.41) is 3.26. The normalized spacial score (nSPS) is 21.1. The molecule has 6 heteroatoms. The standard InChI is InChI=1S/C14H19N3O3/c1-2-20-12-6-11(7-12)17-10-4-8(13(15)18)3-9(5-10)14(16)19/h3-5,11-12,17H,2,6-7H2,1H3,(H2,15,18)(H2,16,19). The predicted octanol–water partition coefficient (Wildman–Crippen LogP) is 0.864. The highest BCUT2D eigenvalue weighted by Crippen LogP contribution is 2.27. The summed E-state index contributed by atoms with van der Waals surface area (Å²) in [6.45, 7) is 2.68. The van der Waals surface area contributed by atoms with Gasteiger partial charge in [0.05, 0.1) is 6.10 Å². The van der Waals surface area contributed by atoms with Gasteiger partial charge in [-0.3, -0.25) is 9.59 Å². The number of rotatable bonds is 6. The van der Waals surface area contributed by atoms with Crippen molar-refractivity contribution >= 4 is 17.5 Å². The number of primary amides is 2. The van der Waals surface area contributed by atoms with E-state index in [0.717, 1.165) is 12.8 Å². The molecule has 2 amide bonds. The molecule has 2 rings (SSSR count). The first-order chi connectivity index (χ1) is 9.49. The number of ether oxygens (including phenoxy) is 1. The van der Waals surface area contributed by atoms with Crippen LogP contribution in [-0.2, 0) is 4.74 Å². The predicted molar refractivity (Wildman–Crippen MR) is 75.5 cm³/mol. The van der Waals surface area contributed by atoms with Gasteiger partial charge in [0.15, 0.2) is 0 Å². The van der Waals surface area contributed by atoms with Gasteiger partial charge in [0.25, 0.3) is 0 Å². The number of benzene rings is 1. The molecule has 1 aromatic rings. The van der Waals surface area contributed by atoms with Crippen LogP contribution in [0.2, 0.25) is 0 Å². The minimum absolute atomic E-state index is 0.268. The van der Waals surface area contributed by atoms with E-state index < -0.39 is 11.8 Å². The number of anilines is 1. The van der Waals surface area contributed by atoms with E-state index in [1.807, 2.05) is 6.92 Å². The number of carbonyl (C=O) groups excluding carboxylic acids is 2. The highest BCUT2D eigenvalue weighted by atomic mass is 16.5. The van der Waals surface area contributed by atoms with Crippen LogP contribution in [0.1, 0.15) is 40.5 Å². The molecule has 0 atom stereocenters. The summed E-state index contributed by atoms with van der Waals surface area (Å²) in [5.41, 5.74) is 11.7. The second-order valence-electron chi connectivity index (χ2n) is 4.92. The van der Waals surface area contributed by atoms with Gasteiger partial charge in [-0.15, -0.1) is 0 Å². The third-order valence-electron chi connectivity index (χ3n) is 3.37. The molecule has 1 saturated carbocycles. The first-order valence-corrected chi connectivity index (χ1v) is 6.62. The maximum absolute atomic E-state index is 11.3. The second kappa shape index (κ2) is 5.92. The first kappa shape index (κ1) is 14.3. The number of amides is 2. The summed E-state index contributed by atoms with van der Waals surface area (Å²) in [6, 6.07) is 4.93. The van der Waals surface area contributed by atoms with Gasteiger partial charge in [-0.05, 0) is 38.0 Å². The molecule has 1 fully saturated rings. The molecule has 6 nitrogen and oxygen atoms in total. The van der Waals surface area contributed by atoms with Gasteiger partial charge in [-0.1, -0.05) is 0 Å². The smallest absolute Gasteiger partial charge is 0.248 e. The van der Waals surface area contributed by atoms with Gasteiger partial charge in [0.1, 0.15) is 0 Å². The summed E-state index contributed by atoms with van der Waals surface area (Å²) in [5.74, 6) is -1.17. The van der Waals surface area contributed by atoms with Crippen molar-refractivity contribution in [3.8, 4) is 0 Å². The van der Waals surface area contributed by atoms with Crippen LogP contribution in [-0.4, -0.2) is 30.6 Å². The average molecular weight is 277 g/mol. The van der Waals surface area contributed by atoms with Crippen molar-refractivity contribution in [3.63, 3.8) is 0 Å². The Bertz CT molecular complexity index is 492. The van der Waals surface area contributed by atoms with Crippen molar-refractivity contribution < 1.29 is 14.3 Å². The van der Waals surface area contributed by atoms with E-state index in [-0.39, 0.29) is 23.3 Å². The van der Waals surface area contributed by atoms with Crippen LogP contribution >= 0.6 is 0 Å². The maximum atomic E-state index is 11.3. The first-order valence-electron chi connectivity index (χ1n) is 6.62. The van der Waals surface area contributed by atoms with Crippen molar-refractivity contribution in [2.45, 2.75) is 31.9 Å². The van der Waals surface area contributed by atoms with E-state index in [0.29, 0.717) is 12.3 Å². The Hall–Kier alpha value is -2.08. The summed E-state index contributed by atoms with van der Waals surface area (Å²) in [6.07, 6.45) is 2.09. The molecule has 108 valence electrons. The van der Waals surface area contributed by atoms with Crippen molar-refractivity contribution in [2.75, 3.05) is 11.9 Å². The fraction of sp³-hybridized carbons (Fsp3) is 0.429. The fourth-order valence-corrected chi connectivity index (χ4v) is 2.29. The Morgan fingerprint density at radius 1 is 1.20 bits per heavy atom. The molecule has 1 aliphatic rings. The largest absolute Gasteiger partial charge is 0.382 e. The zero-order valence-electron chi connectivity index (χ0n) is 11.4. The van der Waals surface area contributed by atoms with Gasteiger partial charge in [-0.25, -0.2) is 0 Å². The van der Waals surface area contributed by atoms with Crippen LogP contribution in [0.25, 0.3) is 0 Å². The van der Waals surface area contributed by atoms with E-state index >= 15 is 0 Å². The lowest BCUT2D eigenvalue weighted by Crippen LogP contribution is -2.40. The molecule has 1 aromatic carbocycles. The van der Waals surface area contributed by atoms with Crippen molar-refractivity contribution in [1.29, 1.82) is 0 Å². The Morgan fingerprint density at radius 3 is 2.20 bits per heavy atom. The highest BCUT2D eigenvalue weighted by Gasteiger charge is 2.29. The topological polar surface area (TPSA) is 107 Å². The molecule has 0 saturated heterocycles. The number of nitrogens with two attached hydrogens (primary N) is 2. The molecular weight excluding hydrogens is 258 g/mol. The second-order valence-corrected chi connectivity index (χ2v) is 4.92. The Morgan fingerprint density at radius 2 is 1.75 bits per heavy atom. The zero-order chi connectivity index (χ0) is 14.7. The van der Waals surface area contributed by atoms with Crippen LogP contribution in [0.5, 0.6) is 0 Å². The average Bonchev–Trinajstić information content (AvgIpc) is 2.35. The van der Waals surface area contributed by atoms with E-state index in [4.69, 9.17) is 16.2 Å². The van der Waals surface area contributed by atoms with Gasteiger partial charge >= 0.3 is 0 Å². The van der Waals surface area contributed by atoms with Crippen molar-refractivity contribution in [3.05, 3.63) is 29.3 Å². The molecule has 0 unspecified atom stereocenters. The van der Waals surface area contributed by atoms with Gasteiger partial charge in [0.2, 0.25) is 11.8 Å². The minimum atomic E-state index is -0.586. The van der Waals surface area contributed by atoms with Gasteiger partial charge in [-0.2, -0.15) is 0 Å². The molecule has 5 N–H and O–H groups in total. The molecule has 0 radical (unpaired) electrons. The summed E-state index contributed by atoms with van der Waals surface area (Å²) >= 11 is 0. The number of hydrogen-bond donors (Lipinski definition) is 3. The van der Waals surface area contributed by atoms with Crippen LogP contribution in [0.15, 0.2) is 18.2 Å². The Labute approximate surface area is 117 Å². The molecule has 20 heavy (non-hydrogen) atoms. The summed E-state index contributed by atoms with van der Waals surface area (Å²) in [7, 11) is 0. The third-order valence-corrected chi connectivity index (χ3v) is 3.37. The lowest BCUT2D eigenvalue weighted by Gasteiger charge is -2.36. The zero-order valence-corrected chi connectivity index (χ0v) is 11.4. The molecule has 0 bridgehead atoms. The lowest BCUT2D eigenvalue weighted by molar-refractivity contribution is 0.00298. The van der Waals surface area contributed by atoms with E-state index in [2.05, 4.69) is 5.32 Å². The SMILES string of the molecule is CCOC1CC(Nc2cc(C(N)=O)cc(C(N)=O)c2)C1. The van der Waals surface area contributed by atoms with E-state index in [9.17, 15) is 9.59 Å². The number of carbonyl (C=O) groups is 2. The Kier molecular flexibility index (Phi) is 4.24. The summed E-state index contributed by atoms with van der Waals surface area (Å²) < 4.78 is 5.48. The fourth-order valence-electron chi connectivity index (χ4n) is 2.29. The van der Waals surface area contributed by atoms with Crippen molar-refractivity contribution in [1.82, 2.24) is 0 Å². The molecular formula is C14H19N3O3. The van der Waals surface area contributed by atoms with Gasteiger partial charge < -0.3 is 21.5 Å². The third kappa shape index (κ3) is 3.27. The van der Waals surface area contributed by atoms with Crippen molar-refractivity contribution in [2.24, 2.45) is 11.5 Å². The van der Waals surface area contributed by atoms with Crippen LogP contribution in [0.4, 0.5) is 5.69 Å². The molecule has 0 heterocycles. The number of hydrogen-bond acceptors (Lipinski definition) is 4. The molecule has 1 aliphatic carbocycles. The van der Waals surface area contributed by atoms with Crippen LogP contribution < -0.4 is 16.8 Å². The highest BCUT2D eigenvalue weighted by molar-refractivity contribution is 5.99. The van der Waals surface area contributed by atoms with Crippen LogP contribution in [0, 0.1) is 0 Å².